The van der Waals surface area contributed by atoms with Crippen molar-refractivity contribution in [3.63, 3.8) is 0 Å². The smallest absolute Gasteiger partial charge is 0.165 e. The van der Waals surface area contributed by atoms with E-state index in [1.807, 2.05) is 6.07 Å². The molecule has 0 spiro atoms. The van der Waals surface area contributed by atoms with Crippen molar-refractivity contribution in [3.8, 4) is 17.6 Å². The molecule has 0 aliphatic carbocycles. The Labute approximate surface area is 81.5 Å². The Morgan fingerprint density at radius 1 is 1.57 bits per heavy atom. The summed E-state index contributed by atoms with van der Waals surface area (Å²) in [5, 5.41) is 18.3. The topological polar surface area (TPSA) is 79.3 Å². The lowest BCUT2D eigenvalue weighted by molar-refractivity contribution is 0.255. The SMILES string of the molecule is N#Cc1cc(O)c2c(c1)[C@H](N)CCO2. The van der Waals surface area contributed by atoms with Crippen LogP contribution in [0.1, 0.15) is 23.6 Å². The molecule has 2 rings (SSSR count). The Hall–Kier alpha value is -1.73. The minimum atomic E-state index is -0.155. The highest BCUT2D eigenvalue weighted by Gasteiger charge is 2.21. The third-order valence-corrected chi connectivity index (χ3v) is 2.30. The van der Waals surface area contributed by atoms with E-state index in [0.717, 1.165) is 0 Å². The normalized spacial score (nSPS) is 19.3. The fraction of sp³-hybridized carbons (Fsp3) is 0.300. The van der Waals surface area contributed by atoms with Crippen molar-refractivity contribution in [1.29, 1.82) is 5.26 Å². The molecule has 1 aromatic carbocycles. The molecule has 4 nitrogen and oxygen atoms in total. The summed E-state index contributed by atoms with van der Waals surface area (Å²) in [6.07, 6.45) is 0.710. The maximum atomic E-state index is 9.55. The Balaban J connectivity index is 2.58. The Morgan fingerprint density at radius 3 is 3.07 bits per heavy atom. The Bertz CT molecular complexity index is 409. The summed E-state index contributed by atoms with van der Waals surface area (Å²) in [6, 6.07) is 4.86. The zero-order valence-electron chi connectivity index (χ0n) is 7.53. The molecule has 1 heterocycles. The number of aromatic hydroxyl groups is 1. The van der Waals surface area contributed by atoms with E-state index < -0.39 is 0 Å². The van der Waals surface area contributed by atoms with Crippen molar-refractivity contribution in [3.05, 3.63) is 23.3 Å². The van der Waals surface area contributed by atoms with Gasteiger partial charge in [0.15, 0.2) is 11.5 Å². The second-order valence-corrected chi connectivity index (χ2v) is 3.27. The maximum Gasteiger partial charge on any atom is 0.165 e. The first-order chi connectivity index (χ1) is 6.72. The standard InChI is InChI=1S/C10H10N2O2/c11-5-6-3-7-8(12)1-2-14-10(7)9(13)4-6/h3-4,8,13H,1-2,12H2/t8-/m1/s1. The molecule has 0 bridgehead atoms. The van der Waals surface area contributed by atoms with Crippen LogP contribution in [0, 0.1) is 11.3 Å². The first kappa shape index (κ1) is 8.85. The summed E-state index contributed by atoms with van der Waals surface area (Å²) >= 11 is 0. The molecule has 3 N–H and O–H groups in total. The fourth-order valence-electron chi connectivity index (χ4n) is 1.58. The summed E-state index contributed by atoms with van der Waals surface area (Å²) in [5.74, 6) is 0.414. The number of nitriles is 1. The van der Waals surface area contributed by atoms with Crippen molar-refractivity contribution >= 4 is 0 Å². The number of hydrogen-bond donors (Lipinski definition) is 2. The number of rotatable bonds is 0. The molecule has 1 atom stereocenters. The predicted octanol–water partition coefficient (Wildman–Crippen LogP) is 1.05. The minimum absolute atomic E-state index is 0.00537. The van der Waals surface area contributed by atoms with Gasteiger partial charge in [-0.2, -0.15) is 5.26 Å². The first-order valence-corrected chi connectivity index (χ1v) is 4.37. The Kier molecular flexibility index (Phi) is 2.02. The number of ether oxygens (including phenoxy) is 1. The monoisotopic (exact) mass is 190 g/mol. The van der Waals surface area contributed by atoms with Gasteiger partial charge in [0.1, 0.15) is 0 Å². The molecule has 0 aromatic heterocycles. The van der Waals surface area contributed by atoms with Crippen LogP contribution in [-0.4, -0.2) is 11.7 Å². The molecular weight excluding hydrogens is 180 g/mol. The van der Waals surface area contributed by atoms with Crippen molar-refractivity contribution in [2.24, 2.45) is 5.73 Å². The third-order valence-electron chi connectivity index (χ3n) is 2.30. The van der Waals surface area contributed by atoms with Crippen LogP contribution in [0.4, 0.5) is 0 Å². The molecule has 0 amide bonds. The number of fused-ring (bicyclic) bond motifs is 1. The average molecular weight is 190 g/mol. The number of phenolic OH excluding ortho intramolecular Hbond substituents is 1. The molecule has 1 aliphatic rings. The number of nitrogens with two attached hydrogens (primary N) is 1. The molecule has 1 aromatic rings. The predicted molar refractivity (Wildman–Crippen MR) is 49.9 cm³/mol. The highest BCUT2D eigenvalue weighted by Crippen LogP contribution is 2.38. The van der Waals surface area contributed by atoms with Gasteiger partial charge in [-0.3, -0.25) is 0 Å². The second-order valence-electron chi connectivity index (χ2n) is 3.27. The van der Waals surface area contributed by atoms with Gasteiger partial charge in [0, 0.05) is 24.1 Å². The number of nitrogens with zero attached hydrogens (tertiary/aromatic N) is 1. The Morgan fingerprint density at radius 2 is 2.36 bits per heavy atom. The largest absolute Gasteiger partial charge is 0.504 e. The van der Waals surface area contributed by atoms with Crippen molar-refractivity contribution in [2.45, 2.75) is 12.5 Å². The van der Waals surface area contributed by atoms with Gasteiger partial charge in [0.25, 0.3) is 0 Å². The molecule has 1 aliphatic heterocycles. The summed E-state index contributed by atoms with van der Waals surface area (Å²) < 4.78 is 5.28. The number of phenols is 1. The van der Waals surface area contributed by atoms with Gasteiger partial charge in [-0.05, 0) is 6.07 Å². The van der Waals surface area contributed by atoms with Crippen molar-refractivity contribution in [1.82, 2.24) is 0 Å². The lowest BCUT2D eigenvalue weighted by Crippen LogP contribution is -2.20. The first-order valence-electron chi connectivity index (χ1n) is 4.37. The van der Waals surface area contributed by atoms with Gasteiger partial charge in [-0.1, -0.05) is 0 Å². The zero-order valence-corrected chi connectivity index (χ0v) is 7.53. The number of hydrogen-bond acceptors (Lipinski definition) is 4. The molecule has 0 saturated heterocycles. The molecule has 0 fully saturated rings. The van der Waals surface area contributed by atoms with Gasteiger partial charge >= 0.3 is 0 Å². The van der Waals surface area contributed by atoms with Crippen LogP contribution < -0.4 is 10.5 Å². The maximum absolute atomic E-state index is 9.55. The van der Waals surface area contributed by atoms with Crippen LogP contribution >= 0.6 is 0 Å². The van der Waals surface area contributed by atoms with E-state index in [-0.39, 0.29) is 11.8 Å². The van der Waals surface area contributed by atoms with E-state index in [1.165, 1.54) is 6.07 Å². The lowest BCUT2D eigenvalue weighted by atomic mass is 9.99. The fourth-order valence-corrected chi connectivity index (χ4v) is 1.58. The van der Waals surface area contributed by atoms with Crippen LogP contribution in [0.3, 0.4) is 0 Å². The highest BCUT2D eigenvalue weighted by atomic mass is 16.5. The molecular formula is C10H10N2O2. The van der Waals surface area contributed by atoms with Gasteiger partial charge < -0.3 is 15.6 Å². The van der Waals surface area contributed by atoms with Crippen molar-refractivity contribution < 1.29 is 9.84 Å². The second kappa shape index (κ2) is 3.20. The summed E-state index contributed by atoms with van der Waals surface area (Å²) in [6.45, 7) is 0.508. The summed E-state index contributed by atoms with van der Waals surface area (Å²) in [7, 11) is 0. The van der Waals surface area contributed by atoms with Crippen LogP contribution in [0.15, 0.2) is 12.1 Å². The lowest BCUT2D eigenvalue weighted by Gasteiger charge is -2.23. The average Bonchev–Trinajstić information content (AvgIpc) is 2.19. The van der Waals surface area contributed by atoms with E-state index >= 15 is 0 Å². The van der Waals surface area contributed by atoms with E-state index in [1.54, 1.807) is 6.07 Å². The molecule has 72 valence electrons. The van der Waals surface area contributed by atoms with Crippen LogP contribution in [0.25, 0.3) is 0 Å². The van der Waals surface area contributed by atoms with Crippen LogP contribution in [-0.2, 0) is 0 Å². The van der Waals surface area contributed by atoms with E-state index in [2.05, 4.69) is 0 Å². The molecule has 0 radical (unpaired) electrons. The molecule has 0 saturated carbocycles. The van der Waals surface area contributed by atoms with E-state index in [4.69, 9.17) is 15.7 Å². The molecule has 0 unspecified atom stereocenters. The van der Waals surface area contributed by atoms with Gasteiger partial charge in [-0.25, -0.2) is 0 Å². The van der Waals surface area contributed by atoms with Crippen LogP contribution in [0.2, 0.25) is 0 Å². The quantitative estimate of drug-likeness (QED) is 0.640. The van der Waals surface area contributed by atoms with Gasteiger partial charge in [0.2, 0.25) is 0 Å². The van der Waals surface area contributed by atoms with Gasteiger partial charge in [0.05, 0.1) is 18.2 Å². The molecule has 14 heavy (non-hydrogen) atoms. The van der Waals surface area contributed by atoms with Gasteiger partial charge in [-0.15, -0.1) is 0 Å². The third kappa shape index (κ3) is 1.28. The number of benzene rings is 1. The summed E-state index contributed by atoms with van der Waals surface area (Å²) in [5.41, 5.74) is 6.96. The van der Waals surface area contributed by atoms with E-state index in [0.29, 0.717) is 29.9 Å². The van der Waals surface area contributed by atoms with E-state index in [9.17, 15) is 5.11 Å². The van der Waals surface area contributed by atoms with Crippen molar-refractivity contribution in [2.75, 3.05) is 6.61 Å². The summed E-state index contributed by atoms with van der Waals surface area (Å²) in [4.78, 5) is 0. The zero-order chi connectivity index (χ0) is 10.1. The highest BCUT2D eigenvalue weighted by molar-refractivity contribution is 5.53. The van der Waals surface area contributed by atoms with Crippen LogP contribution in [0.5, 0.6) is 11.5 Å². The molecule has 4 heteroatoms. The minimum Gasteiger partial charge on any atom is -0.504 e.